The molecule has 3 N–H and O–H groups in total. The molecule has 18 heavy (non-hydrogen) atoms. The lowest BCUT2D eigenvalue weighted by molar-refractivity contribution is -0.127. The number of sulfonamides is 1. The molecule has 1 rings (SSSR count). The van der Waals surface area contributed by atoms with Crippen molar-refractivity contribution >= 4 is 15.9 Å². The van der Waals surface area contributed by atoms with Crippen LogP contribution < -0.4 is 15.4 Å². The summed E-state index contributed by atoms with van der Waals surface area (Å²) in [5.41, 5.74) is -0.488. The van der Waals surface area contributed by atoms with E-state index in [1.54, 1.807) is 0 Å². The van der Waals surface area contributed by atoms with Crippen LogP contribution in [-0.4, -0.2) is 45.8 Å². The number of amides is 1. The molecule has 0 aliphatic carbocycles. The van der Waals surface area contributed by atoms with E-state index in [4.69, 9.17) is 0 Å². The summed E-state index contributed by atoms with van der Waals surface area (Å²) in [7, 11) is -1.89. The first-order valence-electron chi connectivity index (χ1n) is 6.40. The summed E-state index contributed by atoms with van der Waals surface area (Å²) in [4.78, 5) is 12.1. The standard InChI is InChI=1S/C11H23N3O3S/c1-3-5-11(6-4-7-14-11)10(15)13-8-9-18(16,17)12-2/h12,14H,3-9H2,1-2H3,(H,13,15). The molecule has 1 saturated heterocycles. The van der Waals surface area contributed by atoms with Crippen molar-refractivity contribution in [3.63, 3.8) is 0 Å². The first-order chi connectivity index (χ1) is 8.46. The van der Waals surface area contributed by atoms with Crippen molar-refractivity contribution in [2.45, 2.75) is 38.1 Å². The number of rotatable bonds is 7. The zero-order valence-electron chi connectivity index (χ0n) is 11.1. The highest BCUT2D eigenvalue weighted by molar-refractivity contribution is 7.89. The highest BCUT2D eigenvalue weighted by atomic mass is 32.2. The van der Waals surface area contributed by atoms with E-state index in [9.17, 15) is 13.2 Å². The fourth-order valence-electron chi connectivity index (χ4n) is 2.32. The first kappa shape index (κ1) is 15.4. The number of carbonyl (C=O) groups is 1. The summed E-state index contributed by atoms with van der Waals surface area (Å²) < 4.78 is 24.7. The second kappa shape index (κ2) is 6.49. The van der Waals surface area contributed by atoms with E-state index in [2.05, 4.69) is 15.4 Å². The summed E-state index contributed by atoms with van der Waals surface area (Å²) in [6.07, 6.45) is 3.53. The normalized spacial score (nSPS) is 24.1. The van der Waals surface area contributed by atoms with Crippen LogP contribution in [0.15, 0.2) is 0 Å². The molecule has 0 aromatic carbocycles. The van der Waals surface area contributed by atoms with Gasteiger partial charge in [0.05, 0.1) is 11.3 Å². The molecule has 7 heteroatoms. The fourth-order valence-corrected chi connectivity index (χ4v) is 2.90. The Balaban J connectivity index is 2.48. The van der Waals surface area contributed by atoms with Crippen LogP contribution in [0.25, 0.3) is 0 Å². The molecule has 0 spiro atoms. The summed E-state index contributed by atoms with van der Waals surface area (Å²) in [6, 6.07) is 0. The van der Waals surface area contributed by atoms with E-state index in [0.717, 1.165) is 32.2 Å². The smallest absolute Gasteiger partial charge is 0.240 e. The third kappa shape index (κ3) is 3.93. The van der Waals surface area contributed by atoms with E-state index < -0.39 is 15.6 Å². The van der Waals surface area contributed by atoms with Gasteiger partial charge in [0.15, 0.2) is 0 Å². The van der Waals surface area contributed by atoms with Gasteiger partial charge in [-0.15, -0.1) is 0 Å². The molecule has 1 amide bonds. The van der Waals surface area contributed by atoms with Gasteiger partial charge in [-0.05, 0) is 32.9 Å². The Labute approximate surface area is 109 Å². The van der Waals surface area contributed by atoms with Gasteiger partial charge >= 0.3 is 0 Å². The fraction of sp³-hybridized carbons (Fsp3) is 0.909. The minimum absolute atomic E-state index is 0.0758. The summed E-state index contributed by atoms with van der Waals surface area (Å²) >= 11 is 0. The zero-order chi connectivity index (χ0) is 13.6. The molecule has 0 aromatic heterocycles. The topological polar surface area (TPSA) is 87.3 Å². The Bertz CT molecular complexity index is 375. The second-order valence-corrected chi connectivity index (χ2v) is 6.69. The molecule has 1 fully saturated rings. The molecular formula is C11H23N3O3S. The zero-order valence-corrected chi connectivity index (χ0v) is 11.9. The van der Waals surface area contributed by atoms with Crippen LogP contribution in [0.1, 0.15) is 32.6 Å². The average molecular weight is 277 g/mol. The third-order valence-corrected chi connectivity index (χ3v) is 4.69. The molecule has 0 aromatic rings. The number of carbonyl (C=O) groups excluding carboxylic acids is 1. The molecule has 106 valence electrons. The van der Waals surface area contributed by atoms with Gasteiger partial charge in [0.2, 0.25) is 15.9 Å². The Morgan fingerprint density at radius 1 is 1.44 bits per heavy atom. The van der Waals surface area contributed by atoms with Gasteiger partial charge < -0.3 is 10.6 Å². The van der Waals surface area contributed by atoms with E-state index in [1.165, 1.54) is 7.05 Å². The summed E-state index contributed by atoms with van der Waals surface area (Å²) in [5, 5.41) is 5.98. The van der Waals surface area contributed by atoms with E-state index in [-0.39, 0.29) is 18.2 Å². The summed E-state index contributed by atoms with van der Waals surface area (Å²) in [5.74, 6) is -0.162. The molecular weight excluding hydrogens is 254 g/mol. The Morgan fingerprint density at radius 2 is 2.17 bits per heavy atom. The maximum absolute atomic E-state index is 12.1. The summed E-state index contributed by atoms with van der Waals surface area (Å²) in [6.45, 7) is 3.04. The van der Waals surface area contributed by atoms with Gasteiger partial charge in [-0.3, -0.25) is 4.79 Å². The molecule has 1 unspecified atom stereocenters. The lowest BCUT2D eigenvalue weighted by atomic mass is 9.91. The molecule has 6 nitrogen and oxygen atoms in total. The van der Waals surface area contributed by atoms with Crippen LogP contribution in [0.5, 0.6) is 0 Å². The van der Waals surface area contributed by atoms with Crippen LogP contribution in [0.4, 0.5) is 0 Å². The van der Waals surface area contributed by atoms with Crippen molar-refractivity contribution in [1.29, 1.82) is 0 Å². The van der Waals surface area contributed by atoms with Crippen LogP contribution in [0.2, 0.25) is 0 Å². The number of hydrogen-bond acceptors (Lipinski definition) is 4. The minimum atomic E-state index is -3.26. The van der Waals surface area contributed by atoms with Crippen molar-refractivity contribution in [3.8, 4) is 0 Å². The van der Waals surface area contributed by atoms with Crippen LogP contribution >= 0.6 is 0 Å². The highest BCUT2D eigenvalue weighted by Gasteiger charge is 2.39. The maximum atomic E-state index is 12.1. The van der Waals surface area contributed by atoms with Crippen LogP contribution in [0.3, 0.4) is 0 Å². The first-order valence-corrected chi connectivity index (χ1v) is 8.05. The Morgan fingerprint density at radius 3 is 2.67 bits per heavy atom. The van der Waals surface area contributed by atoms with Crippen molar-refractivity contribution in [3.05, 3.63) is 0 Å². The molecule has 1 aliphatic heterocycles. The molecule has 0 bridgehead atoms. The van der Waals surface area contributed by atoms with E-state index in [1.807, 2.05) is 6.92 Å². The minimum Gasteiger partial charge on any atom is -0.353 e. The van der Waals surface area contributed by atoms with Gasteiger partial charge in [-0.25, -0.2) is 13.1 Å². The predicted molar refractivity (Wildman–Crippen MR) is 70.7 cm³/mol. The number of hydrogen-bond donors (Lipinski definition) is 3. The lowest BCUT2D eigenvalue weighted by Crippen LogP contribution is -2.54. The van der Waals surface area contributed by atoms with E-state index in [0.29, 0.717) is 0 Å². The van der Waals surface area contributed by atoms with Crippen LogP contribution in [0, 0.1) is 0 Å². The molecule has 0 radical (unpaired) electrons. The van der Waals surface area contributed by atoms with Gasteiger partial charge in [0.25, 0.3) is 0 Å². The third-order valence-electron chi connectivity index (χ3n) is 3.32. The molecule has 0 saturated carbocycles. The van der Waals surface area contributed by atoms with Gasteiger partial charge in [0, 0.05) is 6.54 Å². The maximum Gasteiger partial charge on any atom is 0.240 e. The second-order valence-electron chi connectivity index (χ2n) is 4.64. The van der Waals surface area contributed by atoms with Gasteiger partial charge in [-0.2, -0.15) is 0 Å². The van der Waals surface area contributed by atoms with Crippen molar-refractivity contribution in [1.82, 2.24) is 15.4 Å². The molecule has 1 heterocycles. The SMILES string of the molecule is CCCC1(C(=O)NCCS(=O)(=O)NC)CCCN1. The quantitative estimate of drug-likeness (QED) is 0.589. The number of nitrogens with one attached hydrogen (secondary N) is 3. The Hall–Kier alpha value is -0.660. The van der Waals surface area contributed by atoms with Gasteiger partial charge in [0.1, 0.15) is 0 Å². The van der Waals surface area contributed by atoms with Crippen molar-refractivity contribution in [2.75, 3.05) is 25.9 Å². The highest BCUT2D eigenvalue weighted by Crippen LogP contribution is 2.24. The van der Waals surface area contributed by atoms with Crippen LogP contribution in [-0.2, 0) is 14.8 Å². The molecule has 1 aliphatic rings. The average Bonchev–Trinajstić information content (AvgIpc) is 2.79. The molecule has 1 atom stereocenters. The van der Waals surface area contributed by atoms with Gasteiger partial charge in [-0.1, -0.05) is 13.3 Å². The lowest BCUT2D eigenvalue weighted by Gasteiger charge is -2.27. The predicted octanol–water partition coefficient (Wildman–Crippen LogP) is -0.426. The van der Waals surface area contributed by atoms with Crippen molar-refractivity contribution < 1.29 is 13.2 Å². The Kier molecular flexibility index (Phi) is 5.55. The monoisotopic (exact) mass is 277 g/mol. The largest absolute Gasteiger partial charge is 0.353 e. The van der Waals surface area contributed by atoms with Crippen molar-refractivity contribution in [2.24, 2.45) is 0 Å². The van der Waals surface area contributed by atoms with E-state index >= 15 is 0 Å².